The van der Waals surface area contributed by atoms with E-state index in [4.69, 9.17) is 9.72 Å². The second-order valence-electron chi connectivity index (χ2n) is 7.05. The van der Waals surface area contributed by atoms with Gasteiger partial charge in [0.2, 0.25) is 0 Å². The molecule has 1 unspecified atom stereocenters. The summed E-state index contributed by atoms with van der Waals surface area (Å²) in [6, 6.07) is 0. The number of aryl methyl sites for hydroxylation is 1. The Labute approximate surface area is 147 Å². The Balaban J connectivity index is 1.59. The second-order valence-corrected chi connectivity index (χ2v) is 8.13. The van der Waals surface area contributed by atoms with Crippen molar-refractivity contribution >= 4 is 27.4 Å². The molecule has 1 saturated heterocycles. The van der Waals surface area contributed by atoms with Crippen molar-refractivity contribution in [3.63, 3.8) is 0 Å². The van der Waals surface area contributed by atoms with Crippen LogP contribution in [0.2, 0.25) is 0 Å². The number of aromatic nitrogens is 2. The fourth-order valence-corrected chi connectivity index (χ4v) is 5.25. The van der Waals surface area contributed by atoms with E-state index in [1.807, 2.05) is 11.3 Å². The van der Waals surface area contributed by atoms with E-state index in [1.54, 1.807) is 18.3 Å². The zero-order valence-corrected chi connectivity index (χ0v) is 15.4. The lowest BCUT2D eigenvalue weighted by Crippen LogP contribution is -2.47. The summed E-state index contributed by atoms with van der Waals surface area (Å²) in [5, 5.41) is 1.34. The fourth-order valence-electron chi connectivity index (χ4n) is 3.90. The number of nitrogens with zero attached hydrogens (tertiary/aromatic N) is 4. The maximum Gasteiger partial charge on any atom is 0.141 e. The summed E-state index contributed by atoms with van der Waals surface area (Å²) in [6.45, 7) is 8.44. The van der Waals surface area contributed by atoms with Crippen molar-refractivity contribution in [2.75, 3.05) is 51.3 Å². The SMILES string of the molecule is COCCN1CCN(c2ncnc3sc4c(c23)CCC(C)C4)CC1. The highest BCUT2D eigenvalue weighted by atomic mass is 32.1. The van der Waals surface area contributed by atoms with Gasteiger partial charge in [0.1, 0.15) is 17.0 Å². The summed E-state index contributed by atoms with van der Waals surface area (Å²) in [5.74, 6) is 1.96. The van der Waals surface area contributed by atoms with Crippen LogP contribution in [0, 0.1) is 5.92 Å². The van der Waals surface area contributed by atoms with E-state index in [-0.39, 0.29) is 0 Å². The smallest absolute Gasteiger partial charge is 0.141 e. The van der Waals surface area contributed by atoms with E-state index >= 15 is 0 Å². The lowest BCUT2D eigenvalue weighted by atomic mass is 9.89. The lowest BCUT2D eigenvalue weighted by Gasteiger charge is -2.35. The normalized spacial score (nSPS) is 22.1. The molecule has 1 fully saturated rings. The van der Waals surface area contributed by atoms with Crippen LogP contribution in [0.3, 0.4) is 0 Å². The number of anilines is 1. The Morgan fingerprint density at radius 3 is 2.88 bits per heavy atom. The molecule has 2 aromatic heterocycles. The average Bonchev–Trinajstić information content (AvgIpc) is 2.97. The third kappa shape index (κ3) is 3.03. The van der Waals surface area contributed by atoms with Crippen LogP contribution in [-0.4, -0.2) is 61.3 Å². The minimum Gasteiger partial charge on any atom is -0.383 e. The van der Waals surface area contributed by atoms with Crippen LogP contribution in [0.15, 0.2) is 6.33 Å². The maximum absolute atomic E-state index is 5.20. The highest BCUT2D eigenvalue weighted by Crippen LogP contribution is 2.40. The van der Waals surface area contributed by atoms with E-state index in [2.05, 4.69) is 21.7 Å². The molecule has 0 radical (unpaired) electrons. The fraction of sp³-hybridized carbons (Fsp3) is 0.667. The molecule has 3 heterocycles. The summed E-state index contributed by atoms with van der Waals surface area (Å²) in [7, 11) is 1.77. The molecule has 0 aromatic carbocycles. The van der Waals surface area contributed by atoms with Gasteiger partial charge in [0.25, 0.3) is 0 Å². The zero-order chi connectivity index (χ0) is 16.5. The Hall–Kier alpha value is -1.24. The number of piperazine rings is 1. The van der Waals surface area contributed by atoms with E-state index < -0.39 is 0 Å². The van der Waals surface area contributed by atoms with Crippen LogP contribution in [0.4, 0.5) is 5.82 Å². The highest BCUT2D eigenvalue weighted by molar-refractivity contribution is 7.19. The van der Waals surface area contributed by atoms with Gasteiger partial charge in [0, 0.05) is 44.7 Å². The first kappa shape index (κ1) is 16.2. The van der Waals surface area contributed by atoms with Crippen LogP contribution in [0.1, 0.15) is 23.8 Å². The largest absolute Gasteiger partial charge is 0.383 e. The summed E-state index contributed by atoms with van der Waals surface area (Å²) in [6.07, 6.45) is 5.43. The molecule has 1 atom stereocenters. The summed E-state index contributed by atoms with van der Waals surface area (Å²) in [4.78, 5) is 16.9. The van der Waals surface area contributed by atoms with Crippen molar-refractivity contribution in [1.29, 1.82) is 0 Å². The number of hydrogen-bond acceptors (Lipinski definition) is 6. The van der Waals surface area contributed by atoms with E-state index in [0.29, 0.717) is 0 Å². The predicted octanol–water partition coefficient (Wildman–Crippen LogP) is 2.58. The molecule has 0 spiro atoms. The zero-order valence-electron chi connectivity index (χ0n) is 14.6. The topological polar surface area (TPSA) is 41.5 Å². The van der Waals surface area contributed by atoms with E-state index in [9.17, 15) is 0 Å². The van der Waals surface area contributed by atoms with Crippen molar-refractivity contribution in [1.82, 2.24) is 14.9 Å². The van der Waals surface area contributed by atoms with Gasteiger partial charge in [-0.15, -0.1) is 11.3 Å². The number of hydrogen-bond donors (Lipinski definition) is 0. The molecule has 6 heteroatoms. The van der Waals surface area contributed by atoms with Gasteiger partial charge in [0.15, 0.2) is 0 Å². The molecule has 1 aliphatic heterocycles. The van der Waals surface area contributed by atoms with E-state index in [0.717, 1.165) is 45.2 Å². The molecule has 24 heavy (non-hydrogen) atoms. The van der Waals surface area contributed by atoms with Crippen LogP contribution in [-0.2, 0) is 17.6 Å². The average molecular weight is 347 g/mol. The third-order valence-electron chi connectivity index (χ3n) is 5.36. The predicted molar refractivity (Wildman–Crippen MR) is 99.1 cm³/mol. The van der Waals surface area contributed by atoms with Gasteiger partial charge in [-0.1, -0.05) is 6.92 Å². The Morgan fingerprint density at radius 2 is 2.08 bits per heavy atom. The van der Waals surface area contributed by atoms with Gasteiger partial charge in [-0.3, -0.25) is 4.90 Å². The number of rotatable bonds is 4. The molecule has 2 aliphatic rings. The molecular weight excluding hydrogens is 320 g/mol. The highest BCUT2D eigenvalue weighted by Gasteiger charge is 2.26. The number of fused-ring (bicyclic) bond motifs is 3. The van der Waals surface area contributed by atoms with E-state index in [1.165, 1.54) is 40.9 Å². The minimum absolute atomic E-state index is 0.798. The van der Waals surface area contributed by atoms with Gasteiger partial charge in [-0.2, -0.15) is 0 Å². The van der Waals surface area contributed by atoms with Crippen molar-refractivity contribution in [3.8, 4) is 0 Å². The molecule has 5 nitrogen and oxygen atoms in total. The van der Waals surface area contributed by atoms with Crippen molar-refractivity contribution in [3.05, 3.63) is 16.8 Å². The van der Waals surface area contributed by atoms with Gasteiger partial charge >= 0.3 is 0 Å². The third-order valence-corrected chi connectivity index (χ3v) is 6.52. The Morgan fingerprint density at radius 1 is 1.25 bits per heavy atom. The van der Waals surface area contributed by atoms with Crippen LogP contribution < -0.4 is 4.90 Å². The molecule has 130 valence electrons. The molecule has 4 rings (SSSR count). The number of thiophene rings is 1. The summed E-state index contributed by atoms with van der Waals surface area (Å²) >= 11 is 1.89. The van der Waals surface area contributed by atoms with Crippen molar-refractivity contribution < 1.29 is 4.74 Å². The monoisotopic (exact) mass is 346 g/mol. The minimum atomic E-state index is 0.798. The van der Waals surface area contributed by atoms with Gasteiger partial charge < -0.3 is 9.64 Å². The summed E-state index contributed by atoms with van der Waals surface area (Å²) in [5.41, 5.74) is 1.53. The molecule has 0 bridgehead atoms. The van der Waals surface area contributed by atoms with Crippen LogP contribution >= 0.6 is 11.3 Å². The van der Waals surface area contributed by atoms with Crippen LogP contribution in [0.25, 0.3) is 10.2 Å². The van der Waals surface area contributed by atoms with Crippen molar-refractivity contribution in [2.45, 2.75) is 26.2 Å². The molecule has 0 N–H and O–H groups in total. The number of ether oxygens (including phenoxy) is 1. The first-order valence-electron chi connectivity index (χ1n) is 8.97. The first-order valence-corrected chi connectivity index (χ1v) is 9.79. The Kier molecular flexibility index (Phi) is 4.70. The summed E-state index contributed by atoms with van der Waals surface area (Å²) < 4.78 is 5.20. The first-order chi connectivity index (χ1) is 11.8. The molecule has 0 saturated carbocycles. The maximum atomic E-state index is 5.20. The molecular formula is C18H26N4OS. The van der Waals surface area contributed by atoms with Gasteiger partial charge in [0.05, 0.1) is 12.0 Å². The van der Waals surface area contributed by atoms with Crippen molar-refractivity contribution in [2.24, 2.45) is 5.92 Å². The second kappa shape index (κ2) is 6.94. The number of methoxy groups -OCH3 is 1. The Bertz CT molecular complexity index is 708. The lowest BCUT2D eigenvalue weighted by molar-refractivity contribution is 0.144. The molecule has 2 aromatic rings. The quantitative estimate of drug-likeness (QED) is 0.851. The standard InChI is InChI=1S/C18H26N4OS/c1-13-3-4-14-15(11-13)24-18-16(14)17(19-12-20-18)22-7-5-21(6-8-22)9-10-23-2/h12-13H,3-11H2,1-2H3. The molecule has 1 aliphatic carbocycles. The van der Waals surface area contributed by atoms with Gasteiger partial charge in [-0.05, 0) is 30.7 Å². The van der Waals surface area contributed by atoms with Crippen LogP contribution in [0.5, 0.6) is 0 Å². The van der Waals surface area contributed by atoms with Gasteiger partial charge in [-0.25, -0.2) is 9.97 Å². The molecule has 0 amide bonds.